The topological polar surface area (TPSA) is 100 Å². The minimum atomic E-state index is -0.213. The molecule has 144 valence electrons. The van der Waals surface area contributed by atoms with E-state index in [4.69, 9.17) is 9.15 Å². The largest absolute Gasteiger partial charge is 0.497 e. The molecule has 2 N–H and O–H groups in total. The van der Waals surface area contributed by atoms with E-state index in [2.05, 4.69) is 15.3 Å². The highest BCUT2D eigenvalue weighted by atomic mass is 16.5. The zero-order valence-corrected chi connectivity index (χ0v) is 15.4. The number of rotatable bonds is 4. The van der Waals surface area contributed by atoms with E-state index in [1.165, 1.54) is 0 Å². The lowest BCUT2D eigenvalue weighted by Crippen LogP contribution is -2.44. The third-order valence-electron chi connectivity index (χ3n) is 4.72. The second-order valence-electron chi connectivity index (χ2n) is 6.48. The van der Waals surface area contributed by atoms with Gasteiger partial charge in [-0.3, -0.25) is 4.79 Å². The number of aromatic amines is 1. The Morgan fingerprint density at radius 1 is 1.32 bits per heavy atom. The summed E-state index contributed by atoms with van der Waals surface area (Å²) in [6.45, 7) is 1.06. The van der Waals surface area contributed by atoms with Crippen LogP contribution in [0, 0.1) is 0 Å². The summed E-state index contributed by atoms with van der Waals surface area (Å²) in [5.74, 6) is 1.88. The lowest BCUT2D eigenvalue weighted by molar-refractivity contribution is 0.190. The SMILES string of the molecule is COc1ccc(-c2nc3c(c(=O)[nH]2)CCN(C(=O)NCc2ccco2)C3)cc1. The lowest BCUT2D eigenvalue weighted by atomic mass is 10.1. The van der Waals surface area contributed by atoms with Gasteiger partial charge in [0.2, 0.25) is 0 Å². The maximum Gasteiger partial charge on any atom is 0.318 e. The average Bonchev–Trinajstić information content (AvgIpc) is 3.25. The highest BCUT2D eigenvalue weighted by Crippen LogP contribution is 2.21. The van der Waals surface area contributed by atoms with Crippen LogP contribution in [0.25, 0.3) is 11.4 Å². The van der Waals surface area contributed by atoms with Crippen molar-refractivity contribution in [3.63, 3.8) is 0 Å². The predicted octanol–water partition coefficient (Wildman–Crippen LogP) is 2.31. The van der Waals surface area contributed by atoms with Crippen LogP contribution in [0.4, 0.5) is 4.79 Å². The summed E-state index contributed by atoms with van der Waals surface area (Å²) < 4.78 is 10.4. The number of hydrogen-bond donors (Lipinski definition) is 2. The van der Waals surface area contributed by atoms with E-state index in [1.807, 2.05) is 24.3 Å². The monoisotopic (exact) mass is 380 g/mol. The number of carbonyl (C=O) groups is 1. The molecular weight excluding hydrogens is 360 g/mol. The van der Waals surface area contributed by atoms with Gasteiger partial charge < -0.3 is 24.4 Å². The number of H-pyrrole nitrogens is 1. The van der Waals surface area contributed by atoms with E-state index < -0.39 is 0 Å². The molecule has 1 aliphatic rings. The van der Waals surface area contributed by atoms with Crippen LogP contribution >= 0.6 is 0 Å². The Kier molecular flexibility index (Phi) is 4.84. The van der Waals surface area contributed by atoms with Crippen molar-refractivity contribution in [1.82, 2.24) is 20.2 Å². The number of benzene rings is 1. The van der Waals surface area contributed by atoms with Crippen molar-refractivity contribution in [1.29, 1.82) is 0 Å². The number of ether oxygens (including phenoxy) is 1. The summed E-state index contributed by atoms with van der Waals surface area (Å²) >= 11 is 0. The standard InChI is InChI=1S/C20H20N4O4/c1-27-14-6-4-13(5-7-14)18-22-17-12-24(9-8-16(17)19(25)23-18)20(26)21-11-15-3-2-10-28-15/h2-7,10H,8-9,11-12H2,1H3,(H,21,26)(H,22,23,25). The van der Waals surface area contributed by atoms with Gasteiger partial charge in [-0.15, -0.1) is 0 Å². The second kappa shape index (κ2) is 7.59. The first-order valence-corrected chi connectivity index (χ1v) is 8.95. The van der Waals surface area contributed by atoms with Crippen LogP contribution in [0.15, 0.2) is 51.9 Å². The molecule has 2 aromatic heterocycles. The molecule has 8 heteroatoms. The highest BCUT2D eigenvalue weighted by molar-refractivity contribution is 5.74. The molecule has 0 saturated carbocycles. The minimum Gasteiger partial charge on any atom is -0.497 e. The van der Waals surface area contributed by atoms with Crippen molar-refractivity contribution in [2.45, 2.75) is 19.5 Å². The fourth-order valence-corrected chi connectivity index (χ4v) is 3.19. The van der Waals surface area contributed by atoms with Gasteiger partial charge in [0.15, 0.2) is 0 Å². The maximum absolute atomic E-state index is 12.5. The van der Waals surface area contributed by atoms with E-state index in [0.29, 0.717) is 42.4 Å². The zero-order chi connectivity index (χ0) is 19.5. The molecule has 3 heterocycles. The molecule has 0 aliphatic carbocycles. The normalized spacial score (nSPS) is 13.1. The Hall–Kier alpha value is -3.55. The fourth-order valence-electron chi connectivity index (χ4n) is 3.19. The highest BCUT2D eigenvalue weighted by Gasteiger charge is 2.24. The first kappa shape index (κ1) is 17.8. The fraction of sp³-hybridized carbons (Fsp3) is 0.250. The Labute approximate surface area is 161 Å². The smallest absolute Gasteiger partial charge is 0.318 e. The Morgan fingerprint density at radius 2 is 2.14 bits per heavy atom. The van der Waals surface area contributed by atoms with Gasteiger partial charge in [0.1, 0.15) is 17.3 Å². The summed E-state index contributed by atoms with van der Waals surface area (Å²) in [6, 6.07) is 10.6. The number of hydrogen-bond acceptors (Lipinski definition) is 5. The van der Waals surface area contributed by atoms with E-state index in [1.54, 1.807) is 30.4 Å². The van der Waals surface area contributed by atoms with Crippen molar-refractivity contribution >= 4 is 6.03 Å². The quantitative estimate of drug-likeness (QED) is 0.723. The number of methoxy groups -OCH3 is 1. The number of carbonyl (C=O) groups excluding carboxylic acids is 1. The number of fused-ring (bicyclic) bond motifs is 1. The second-order valence-corrected chi connectivity index (χ2v) is 6.48. The Bertz CT molecular complexity index is 1030. The van der Waals surface area contributed by atoms with Gasteiger partial charge in [0.25, 0.3) is 5.56 Å². The van der Waals surface area contributed by atoms with Crippen LogP contribution < -0.4 is 15.6 Å². The molecule has 0 spiro atoms. The molecule has 0 fully saturated rings. The van der Waals surface area contributed by atoms with Gasteiger partial charge in [-0.25, -0.2) is 9.78 Å². The van der Waals surface area contributed by atoms with Crippen molar-refractivity contribution in [3.8, 4) is 17.1 Å². The van der Waals surface area contributed by atoms with Crippen LogP contribution in [-0.2, 0) is 19.5 Å². The average molecular weight is 380 g/mol. The molecule has 4 rings (SSSR count). The van der Waals surface area contributed by atoms with Crippen LogP contribution in [0.3, 0.4) is 0 Å². The number of aromatic nitrogens is 2. The third-order valence-corrected chi connectivity index (χ3v) is 4.72. The number of nitrogens with one attached hydrogen (secondary N) is 2. The number of urea groups is 1. The molecule has 3 aromatic rings. The first-order valence-electron chi connectivity index (χ1n) is 8.95. The van der Waals surface area contributed by atoms with E-state index >= 15 is 0 Å². The Balaban J connectivity index is 1.52. The van der Waals surface area contributed by atoms with Crippen molar-refractivity contribution in [2.24, 2.45) is 0 Å². The molecule has 28 heavy (non-hydrogen) atoms. The molecule has 0 bridgehead atoms. The number of amides is 2. The predicted molar refractivity (Wildman–Crippen MR) is 102 cm³/mol. The molecule has 2 amide bonds. The molecule has 1 aromatic carbocycles. The van der Waals surface area contributed by atoms with Gasteiger partial charge in [-0.1, -0.05) is 0 Å². The van der Waals surface area contributed by atoms with Crippen LogP contribution in [0.5, 0.6) is 5.75 Å². The molecular formula is C20H20N4O4. The van der Waals surface area contributed by atoms with Crippen molar-refractivity contribution in [3.05, 3.63) is 70.0 Å². The number of nitrogens with zero attached hydrogens (tertiary/aromatic N) is 2. The molecule has 0 saturated heterocycles. The van der Waals surface area contributed by atoms with Crippen LogP contribution in [-0.4, -0.2) is 34.6 Å². The zero-order valence-electron chi connectivity index (χ0n) is 15.4. The molecule has 0 radical (unpaired) electrons. The van der Waals surface area contributed by atoms with Crippen molar-refractivity contribution in [2.75, 3.05) is 13.7 Å². The van der Waals surface area contributed by atoms with Gasteiger partial charge in [-0.2, -0.15) is 0 Å². The van der Waals surface area contributed by atoms with Crippen LogP contribution in [0.1, 0.15) is 17.0 Å². The van der Waals surface area contributed by atoms with Gasteiger partial charge in [-0.05, 0) is 42.8 Å². The van der Waals surface area contributed by atoms with Crippen LogP contribution in [0.2, 0.25) is 0 Å². The van der Waals surface area contributed by atoms with Gasteiger partial charge >= 0.3 is 6.03 Å². The lowest BCUT2D eigenvalue weighted by Gasteiger charge is -2.27. The maximum atomic E-state index is 12.5. The summed E-state index contributed by atoms with van der Waals surface area (Å²) in [6.07, 6.45) is 2.03. The molecule has 0 unspecified atom stereocenters. The van der Waals surface area contributed by atoms with Crippen molar-refractivity contribution < 1.29 is 13.9 Å². The molecule has 0 atom stereocenters. The van der Waals surface area contributed by atoms with E-state index in [0.717, 1.165) is 11.3 Å². The van der Waals surface area contributed by atoms with E-state index in [-0.39, 0.29) is 18.1 Å². The summed E-state index contributed by atoms with van der Waals surface area (Å²) in [5.41, 5.74) is 1.87. The molecule has 1 aliphatic heterocycles. The summed E-state index contributed by atoms with van der Waals surface area (Å²) in [7, 11) is 1.60. The van der Waals surface area contributed by atoms with Gasteiger partial charge in [0.05, 0.1) is 32.2 Å². The minimum absolute atomic E-state index is 0.161. The third kappa shape index (κ3) is 3.62. The first-order chi connectivity index (χ1) is 13.6. The number of furan rings is 1. The van der Waals surface area contributed by atoms with E-state index in [9.17, 15) is 9.59 Å². The Morgan fingerprint density at radius 3 is 2.86 bits per heavy atom. The summed E-state index contributed by atoms with van der Waals surface area (Å²) in [4.78, 5) is 34.0. The van der Waals surface area contributed by atoms with Gasteiger partial charge in [0, 0.05) is 17.7 Å². The summed E-state index contributed by atoms with van der Waals surface area (Å²) in [5, 5.41) is 2.82. The molecule has 8 nitrogen and oxygen atoms in total.